The van der Waals surface area contributed by atoms with Crippen molar-refractivity contribution in [3.63, 3.8) is 0 Å². The summed E-state index contributed by atoms with van der Waals surface area (Å²) in [4.78, 5) is 19.0. The highest BCUT2D eigenvalue weighted by molar-refractivity contribution is 5.98. The van der Waals surface area contributed by atoms with Gasteiger partial charge in [0.1, 0.15) is 11.6 Å². The summed E-state index contributed by atoms with van der Waals surface area (Å²) in [6.45, 7) is 6.22. The number of amides is 1. The summed E-state index contributed by atoms with van der Waals surface area (Å²) >= 11 is 0. The summed E-state index contributed by atoms with van der Waals surface area (Å²) < 4.78 is 5.19. The van der Waals surface area contributed by atoms with Crippen molar-refractivity contribution in [3.8, 4) is 0 Å². The molecule has 0 atom stereocenters. The molecule has 2 aromatic rings. The molecule has 3 heterocycles. The minimum absolute atomic E-state index is 0.0719. The highest BCUT2D eigenvalue weighted by Gasteiger charge is 2.21. The van der Waals surface area contributed by atoms with Crippen LogP contribution in [0.5, 0.6) is 0 Å². The average Bonchev–Trinajstić information content (AvgIpc) is 2.94. The van der Waals surface area contributed by atoms with Crippen LogP contribution in [0.3, 0.4) is 0 Å². The molecule has 1 aliphatic heterocycles. The lowest BCUT2D eigenvalue weighted by Gasteiger charge is -2.27. The average molecular weight is 328 g/mol. The molecule has 0 radical (unpaired) electrons. The van der Waals surface area contributed by atoms with E-state index in [2.05, 4.69) is 15.5 Å². The number of rotatable bonds is 5. The Hall–Kier alpha value is -2.37. The van der Waals surface area contributed by atoms with E-state index in [4.69, 9.17) is 4.52 Å². The summed E-state index contributed by atoms with van der Waals surface area (Å²) in [5.74, 6) is 1.57. The number of aromatic nitrogens is 2. The number of anilines is 1. The maximum Gasteiger partial charge on any atom is 0.257 e. The maximum atomic E-state index is 12.7. The van der Waals surface area contributed by atoms with Crippen LogP contribution in [0.4, 0.5) is 5.82 Å². The summed E-state index contributed by atoms with van der Waals surface area (Å²) in [6.07, 6.45) is 5.88. The van der Waals surface area contributed by atoms with Crippen LogP contribution in [0.25, 0.3) is 0 Å². The molecule has 1 amide bonds. The largest absolute Gasteiger partial charge is 0.369 e. The Morgan fingerprint density at radius 3 is 2.79 bits per heavy atom. The van der Waals surface area contributed by atoms with E-state index >= 15 is 0 Å². The van der Waals surface area contributed by atoms with E-state index in [0.29, 0.717) is 17.9 Å². The zero-order valence-corrected chi connectivity index (χ0v) is 14.3. The van der Waals surface area contributed by atoms with Gasteiger partial charge in [0.25, 0.3) is 5.91 Å². The lowest BCUT2D eigenvalue weighted by Crippen LogP contribution is -2.36. The fraction of sp³-hybridized carbons (Fsp3) is 0.500. The summed E-state index contributed by atoms with van der Waals surface area (Å²) in [5.41, 5.74) is 2.68. The Morgan fingerprint density at radius 2 is 2.08 bits per heavy atom. The van der Waals surface area contributed by atoms with Gasteiger partial charge in [0.2, 0.25) is 0 Å². The van der Waals surface area contributed by atoms with Crippen molar-refractivity contribution in [2.45, 2.75) is 39.5 Å². The summed E-state index contributed by atoms with van der Waals surface area (Å²) in [6, 6.07) is 3.67. The van der Waals surface area contributed by atoms with Crippen molar-refractivity contribution < 1.29 is 9.32 Å². The number of carbonyl (C=O) groups excluding carboxylic acids is 1. The molecule has 1 aliphatic rings. The molecule has 1 fully saturated rings. The van der Waals surface area contributed by atoms with Crippen molar-refractivity contribution >= 4 is 11.7 Å². The normalized spacial score (nSPS) is 14.7. The highest BCUT2D eigenvalue weighted by Crippen LogP contribution is 2.19. The van der Waals surface area contributed by atoms with Gasteiger partial charge < -0.3 is 14.7 Å². The minimum atomic E-state index is 0.0719. The molecular weight excluding hydrogens is 304 g/mol. The standard InChI is InChI=1S/C18H24N4O2/c1-13-15(14(2)24-21-13)8-10-20-17-16(7-6-9-19-17)18(23)22-11-4-3-5-12-22/h6-7,9H,3-5,8,10-12H2,1-2H3,(H,19,20). The van der Waals surface area contributed by atoms with E-state index in [1.54, 1.807) is 6.20 Å². The third-order valence-corrected chi connectivity index (χ3v) is 4.53. The van der Waals surface area contributed by atoms with Gasteiger partial charge in [0.05, 0.1) is 11.3 Å². The van der Waals surface area contributed by atoms with Gasteiger partial charge in [-0.15, -0.1) is 0 Å². The number of nitrogens with zero attached hydrogens (tertiary/aromatic N) is 3. The smallest absolute Gasteiger partial charge is 0.257 e. The Kier molecular flexibility index (Phi) is 5.13. The van der Waals surface area contributed by atoms with Crippen molar-refractivity contribution in [1.82, 2.24) is 15.0 Å². The Bertz CT molecular complexity index is 685. The van der Waals surface area contributed by atoms with E-state index in [-0.39, 0.29) is 5.91 Å². The van der Waals surface area contributed by atoms with Gasteiger partial charge in [-0.3, -0.25) is 4.79 Å². The first-order valence-corrected chi connectivity index (χ1v) is 8.56. The zero-order chi connectivity index (χ0) is 16.9. The van der Waals surface area contributed by atoms with Crippen LogP contribution in [0.2, 0.25) is 0 Å². The van der Waals surface area contributed by atoms with Crippen LogP contribution in [-0.4, -0.2) is 40.6 Å². The topological polar surface area (TPSA) is 71.3 Å². The molecule has 0 bridgehead atoms. The molecule has 0 aromatic carbocycles. The number of aryl methyl sites for hydroxylation is 2. The predicted molar refractivity (Wildman–Crippen MR) is 92.2 cm³/mol. The van der Waals surface area contributed by atoms with E-state index in [0.717, 1.165) is 49.4 Å². The molecule has 0 spiro atoms. The number of nitrogens with one attached hydrogen (secondary N) is 1. The van der Waals surface area contributed by atoms with E-state index < -0.39 is 0 Å². The van der Waals surface area contributed by atoms with E-state index in [1.807, 2.05) is 30.9 Å². The number of piperidine rings is 1. The zero-order valence-electron chi connectivity index (χ0n) is 14.3. The first kappa shape index (κ1) is 16.5. The molecule has 1 saturated heterocycles. The molecule has 0 unspecified atom stereocenters. The lowest BCUT2D eigenvalue weighted by molar-refractivity contribution is 0.0725. The fourth-order valence-corrected chi connectivity index (χ4v) is 3.15. The van der Waals surface area contributed by atoms with Crippen LogP contribution in [0.15, 0.2) is 22.9 Å². The van der Waals surface area contributed by atoms with Gasteiger partial charge in [-0.25, -0.2) is 4.98 Å². The fourth-order valence-electron chi connectivity index (χ4n) is 3.15. The van der Waals surface area contributed by atoms with Gasteiger partial charge in [0.15, 0.2) is 0 Å². The van der Waals surface area contributed by atoms with Crippen LogP contribution in [0.1, 0.15) is 46.6 Å². The second kappa shape index (κ2) is 7.47. The van der Waals surface area contributed by atoms with Gasteiger partial charge >= 0.3 is 0 Å². The van der Waals surface area contributed by atoms with Crippen molar-refractivity contribution in [2.75, 3.05) is 25.0 Å². The van der Waals surface area contributed by atoms with Crippen LogP contribution in [-0.2, 0) is 6.42 Å². The molecule has 6 nitrogen and oxygen atoms in total. The quantitative estimate of drug-likeness (QED) is 0.913. The molecule has 0 saturated carbocycles. The number of pyridine rings is 1. The Balaban J connectivity index is 1.66. The van der Waals surface area contributed by atoms with Gasteiger partial charge in [0, 0.05) is 31.4 Å². The van der Waals surface area contributed by atoms with E-state index in [9.17, 15) is 4.79 Å². The molecule has 24 heavy (non-hydrogen) atoms. The van der Waals surface area contributed by atoms with Crippen molar-refractivity contribution in [2.24, 2.45) is 0 Å². The van der Waals surface area contributed by atoms with Gasteiger partial charge in [-0.1, -0.05) is 5.16 Å². The lowest BCUT2D eigenvalue weighted by atomic mass is 10.1. The first-order chi connectivity index (χ1) is 11.7. The second-order valence-corrected chi connectivity index (χ2v) is 6.23. The number of hydrogen-bond donors (Lipinski definition) is 1. The number of carbonyl (C=O) groups is 1. The molecule has 6 heteroatoms. The predicted octanol–water partition coefficient (Wildman–Crippen LogP) is 2.97. The molecule has 128 valence electrons. The summed E-state index contributed by atoms with van der Waals surface area (Å²) in [7, 11) is 0. The van der Waals surface area contributed by atoms with Crippen LogP contribution >= 0.6 is 0 Å². The molecular formula is C18H24N4O2. The Labute approximate surface area is 142 Å². The Morgan fingerprint density at radius 1 is 1.29 bits per heavy atom. The first-order valence-electron chi connectivity index (χ1n) is 8.56. The second-order valence-electron chi connectivity index (χ2n) is 6.23. The number of hydrogen-bond acceptors (Lipinski definition) is 5. The third-order valence-electron chi connectivity index (χ3n) is 4.53. The third kappa shape index (κ3) is 3.58. The minimum Gasteiger partial charge on any atom is -0.369 e. The van der Waals surface area contributed by atoms with Gasteiger partial charge in [-0.2, -0.15) is 0 Å². The van der Waals surface area contributed by atoms with Gasteiger partial charge in [-0.05, 0) is 51.7 Å². The number of likely N-dealkylation sites (tertiary alicyclic amines) is 1. The van der Waals surface area contributed by atoms with Crippen molar-refractivity contribution in [1.29, 1.82) is 0 Å². The maximum absolute atomic E-state index is 12.7. The monoisotopic (exact) mass is 328 g/mol. The van der Waals surface area contributed by atoms with Crippen LogP contribution in [0, 0.1) is 13.8 Å². The van der Waals surface area contributed by atoms with Crippen LogP contribution < -0.4 is 5.32 Å². The van der Waals surface area contributed by atoms with Crippen molar-refractivity contribution in [3.05, 3.63) is 40.9 Å². The molecule has 1 N–H and O–H groups in total. The SMILES string of the molecule is Cc1noc(C)c1CCNc1ncccc1C(=O)N1CCCCC1. The highest BCUT2D eigenvalue weighted by atomic mass is 16.5. The molecule has 3 rings (SSSR count). The van der Waals surface area contributed by atoms with E-state index in [1.165, 1.54) is 6.42 Å². The summed E-state index contributed by atoms with van der Waals surface area (Å²) in [5, 5.41) is 7.27. The molecule has 2 aromatic heterocycles. The molecule has 0 aliphatic carbocycles.